The fourth-order valence-electron chi connectivity index (χ4n) is 2.63. The molecule has 0 aliphatic carbocycles. The molecule has 3 aromatic heterocycles. The summed E-state index contributed by atoms with van der Waals surface area (Å²) in [4.78, 5) is 22.2. The second-order valence-corrected chi connectivity index (χ2v) is 6.43. The molecule has 0 amide bonds. The molecule has 2 N–H and O–H groups in total. The molecule has 0 aliphatic heterocycles. The Morgan fingerprint density at radius 2 is 1.88 bits per heavy atom. The fraction of sp³-hybridized carbons (Fsp3) is 0.0556. The van der Waals surface area contributed by atoms with E-state index in [1.54, 1.807) is 18.0 Å². The normalized spacial score (nSPS) is 11.0. The number of nitrogens with one attached hydrogen (secondary N) is 2. The van der Waals surface area contributed by atoms with E-state index in [2.05, 4.69) is 20.2 Å². The molecule has 6 heteroatoms. The second-order valence-electron chi connectivity index (χ2n) is 5.37. The van der Waals surface area contributed by atoms with Crippen LogP contribution in [-0.2, 0) is 0 Å². The van der Waals surface area contributed by atoms with Crippen LogP contribution in [0.4, 0.5) is 0 Å². The SMILES string of the molecule is Cc1[nH][nH]c(=O)c1-c1cc(Sc2ccccn2)c2ccccc2n1. The first-order valence-electron chi connectivity index (χ1n) is 7.48. The Bertz CT molecular complexity index is 1070. The minimum absolute atomic E-state index is 0.163. The lowest BCUT2D eigenvalue weighted by atomic mass is 10.1. The van der Waals surface area contributed by atoms with Crippen molar-refractivity contribution in [2.75, 3.05) is 0 Å². The number of pyridine rings is 2. The number of rotatable bonds is 3. The zero-order chi connectivity index (χ0) is 16.5. The summed E-state index contributed by atoms with van der Waals surface area (Å²) in [5.41, 5.74) is 2.70. The molecule has 0 saturated heterocycles. The fourth-order valence-corrected chi connectivity index (χ4v) is 3.57. The summed E-state index contributed by atoms with van der Waals surface area (Å²) < 4.78 is 0. The van der Waals surface area contributed by atoms with Gasteiger partial charge in [-0.2, -0.15) is 0 Å². The van der Waals surface area contributed by atoms with Gasteiger partial charge in [-0.25, -0.2) is 9.97 Å². The molecule has 4 rings (SSSR count). The molecule has 1 aromatic carbocycles. The molecular formula is C18H14N4OS. The number of benzene rings is 1. The Kier molecular flexibility index (Phi) is 3.66. The molecule has 24 heavy (non-hydrogen) atoms. The van der Waals surface area contributed by atoms with Crippen LogP contribution in [0.5, 0.6) is 0 Å². The lowest BCUT2D eigenvalue weighted by molar-refractivity contribution is 1.02. The van der Waals surface area contributed by atoms with Gasteiger partial charge in [-0.05, 0) is 31.2 Å². The summed E-state index contributed by atoms with van der Waals surface area (Å²) in [6, 6.07) is 15.7. The van der Waals surface area contributed by atoms with Gasteiger partial charge in [0.25, 0.3) is 5.56 Å². The van der Waals surface area contributed by atoms with E-state index in [1.165, 1.54) is 0 Å². The van der Waals surface area contributed by atoms with Gasteiger partial charge in [0.1, 0.15) is 5.03 Å². The highest BCUT2D eigenvalue weighted by atomic mass is 32.2. The largest absolute Gasteiger partial charge is 0.302 e. The number of hydrogen-bond donors (Lipinski definition) is 2. The first-order valence-corrected chi connectivity index (χ1v) is 8.30. The molecule has 0 fully saturated rings. The van der Waals surface area contributed by atoms with Crippen LogP contribution in [0, 0.1) is 6.92 Å². The van der Waals surface area contributed by atoms with Gasteiger partial charge in [-0.1, -0.05) is 36.0 Å². The van der Waals surface area contributed by atoms with Gasteiger partial charge < -0.3 is 5.10 Å². The lowest BCUT2D eigenvalue weighted by Crippen LogP contribution is -2.03. The molecule has 0 bridgehead atoms. The van der Waals surface area contributed by atoms with E-state index in [0.29, 0.717) is 11.3 Å². The van der Waals surface area contributed by atoms with Gasteiger partial charge in [0, 0.05) is 22.2 Å². The van der Waals surface area contributed by atoms with Crippen molar-refractivity contribution in [3.8, 4) is 11.3 Å². The third-order valence-corrected chi connectivity index (χ3v) is 4.76. The third kappa shape index (κ3) is 2.61. The van der Waals surface area contributed by atoms with Crippen molar-refractivity contribution < 1.29 is 0 Å². The smallest absolute Gasteiger partial charge is 0.273 e. The van der Waals surface area contributed by atoms with Crippen molar-refractivity contribution in [1.29, 1.82) is 0 Å². The monoisotopic (exact) mass is 334 g/mol. The molecule has 5 nitrogen and oxygen atoms in total. The summed E-state index contributed by atoms with van der Waals surface area (Å²) in [5.74, 6) is 0. The highest BCUT2D eigenvalue weighted by molar-refractivity contribution is 7.99. The van der Waals surface area contributed by atoms with Crippen LogP contribution in [0.25, 0.3) is 22.2 Å². The lowest BCUT2D eigenvalue weighted by Gasteiger charge is -2.08. The van der Waals surface area contributed by atoms with Crippen molar-refractivity contribution in [1.82, 2.24) is 20.2 Å². The maximum Gasteiger partial charge on any atom is 0.273 e. The average molecular weight is 334 g/mol. The molecule has 0 radical (unpaired) electrons. The first-order chi connectivity index (χ1) is 11.7. The van der Waals surface area contributed by atoms with Gasteiger partial charge in [-0.3, -0.25) is 9.89 Å². The van der Waals surface area contributed by atoms with E-state index < -0.39 is 0 Å². The number of H-pyrrole nitrogens is 2. The van der Waals surface area contributed by atoms with Gasteiger partial charge >= 0.3 is 0 Å². The number of aryl methyl sites for hydroxylation is 1. The predicted molar refractivity (Wildman–Crippen MR) is 95.2 cm³/mol. The van der Waals surface area contributed by atoms with E-state index in [1.807, 2.05) is 55.5 Å². The van der Waals surface area contributed by atoms with Crippen LogP contribution in [-0.4, -0.2) is 20.2 Å². The molecule has 0 saturated carbocycles. The molecule has 4 aromatic rings. The third-order valence-electron chi connectivity index (χ3n) is 3.75. The summed E-state index contributed by atoms with van der Waals surface area (Å²) >= 11 is 1.57. The zero-order valence-corrected chi connectivity index (χ0v) is 13.7. The van der Waals surface area contributed by atoms with Crippen molar-refractivity contribution in [3.05, 3.63) is 70.8 Å². The van der Waals surface area contributed by atoms with E-state index in [9.17, 15) is 4.79 Å². The maximum atomic E-state index is 12.1. The summed E-state index contributed by atoms with van der Waals surface area (Å²) in [6.07, 6.45) is 1.77. The first kappa shape index (κ1) is 14.7. The molecule has 3 heterocycles. The van der Waals surface area contributed by atoms with Crippen molar-refractivity contribution in [2.24, 2.45) is 0 Å². The van der Waals surface area contributed by atoms with Gasteiger partial charge in [0.15, 0.2) is 0 Å². The standard InChI is InChI=1S/C18H14N4OS/c1-11-17(18(23)22-21-11)14-10-15(24-16-8-4-5-9-19-16)12-6-2-3-7-13(12)20-14/h2-10H,1H3,(H2,21,22,23). The van der Waals surface area contributed by atoms with Crippen molar-refractivity contribution >= 4 is 22.7 Å². The van der Waals surface area contributed by atoms with E-state index in [0.717, 1.165) is 26.5 Å². The number of nitrogens with zero attached hydrogens (tertiary/aromatic N) is 2. The maximum absolute atomic E-state index is 12.1. The number of fused-ring (bicyclic) bond motifs is 1. The van der Waals surface area contributed by atoms with Gasteiger partial charge in [0.2, 0.25) is 0 Å². The molecule has 0 unspecified atom stereocenters. The van der Waals surface area contributed by atoms with E-state index in [4.69, 9.17) is 0 Å². The van der Waals surface area contributed by atoms with E-state index >= 15 is 0 Å². The minimum atomic E-state index is -0.163. The van der Waals surface area contributed by atoms with Crippen molar-refractivity contribution in [3.63, 3.8) is 0 Å². The number of para-hydroxylation sites is 1. The molecule has 0 spiro atoms. The molecular weight excluding hydrogens is 320 g/mol. The average Bonchev–Trinajstić information content (AvgIpc) is 2.94. The Labute approximate surface area is 142 Å². The van der Waals surface area contributed by atoms with Gasteiger partial charge in [0.05, 0.1) is 16.8 Å². The second kappa shape index (κ2) is 5.98. The topological polar surface area (TPSA) is 74.4 Å². The Hall–Kier alpha value is -2.86. The van der Waals surface area contributed by atoms with Crippen molar-refractivity contribution in [2.45, 2.75) is 16.8 Å². The highest BCUT2D eigenvalue weighted by Gasteiger charge is 2.14. The highest BCUT2D eigenvalue weighted by Crippen LogP contribution is 2.34. The molecule has 0 aliphatic rings. The molecule has 0 atom stereocenters. The van der Waals surface area contributed by atoms with Crippen LogP contribution >= 0.6 is 11.8 Å². The van der Waals surface area contributed by atoms with Crippen LogP contribution < -0.4 is 5.56 Å². The minimum Gasteiger partial charge on any atom is -0.302 e. The summed E-state index contributed by atoms with van der Waals surface area (Å²) in [5, 5.41) is 7.41. The predicted octanol–water partition coefficient (Wildman–Crippen LogP) is 3.77. The molecule has 118 valence electrons. The van der Waals surface area contributed by atoms with Crippen LogP contribution in [0.3, 0.4) is 0 Å². The summed E-state index contributed by atoms with van der Waals surface area (Å²) in [7, 11) is 0. The zero-order valence-electron chi connectivity index (χ0n) is 12.9. The Morgan fingerprint density at radius 3 is 2.62 bits per heavy atom. The van der Waals surface area contributed by atoms with Crippen LogP contribution in [0.15, 0.2) is 69.4 Å². The Balaban J connectivity index is 1.93. The number of aromatic nitrogens is 4. The van der Waals surface area contributed by atoms with Crippen LogP contribution in [0.2, 0.25) is 0 Å². The number of hydrogen-bond acceptors (Lipinski definition) is 4. The van der Waals surface area contributed by atoms with Gasteiger partial charge in [-0.15, -0.1) is 0 Å². The Morgan fingerprint density at radius 1 is 1.04 bits per heavy atom. The number of aromatic amines is 2. The summed E-state index contributed by atoms with van der Waals surface area (Å²) in [6.45, 7) is 1.86. The quantitative estimate of drug-likeness (QED) is 0.598. The van der Waals surface area contributed by atoms with E-state index in [-0.39, 0.29) is 5.56 Å². The van der Waals surface area contributed by atoms with Crippen LogP contribution in [0.1, 0.15) is 5.69 Å².